The minimum Gasteiger partial charge on any atom is -0.457 e. The first-order valence-electron chi connectivity index (χ1n) is 12.1. The normalized spacial score (nSPS) is 17.6. The summed E-state index contributed by atoms with van der Waals surface area (Å²) in [6.07, 6.45) is 1.78. The highest BCUT2D eigenvalue weighted by Gasteiger charge is 2.42. The standard InChI is InChI=1S/C26H30N4O7S/c1-13-22(15-6-7-28-19(9-15)26(3,4)5)38-20(29-13)10-21(31)30-11-16(8-17(30)23(27)32)24(33)35-12-18-14(2)36-25(34)37-18/h6-7,9,16-17H,8,10-12H2,1-5H3,(H2,27,32)/t16-,17+/m1/s1. The zero-order chi connectivity index (χ0) is 27.8. The van der Waals surface area contributed by atoms with E-state index in [1.807, 2.05) is 19.1 Å². The summed E-state index contributed by atoms with van der Waals surface area (Å²) < 4.78 is 14.8. The molecule has 1 aliphatic heterocycles. The van der Waals surface area contributed by atoms with E-state index < -0.39 is 29.7 Å². The van der Waals surface area contributed by atoms with Crippen LogP contribution in [0.5, 0.6) is 0 Å². The third-order valence-corrected chi connectivity index (χ3v) is 7.60. The quantitative estimate of drug-likeness (QED) is 0.443. The van der Waals surface area contributed by atoms with E-state index in [1.54, 1.807) is 6.20 Å². The fourth-order valence-corrected chi connectivity index (χ4v) is 5.37. The zero-order valence-corrected chi connectivity index (χ0v) is 22.7. The lowest BCUT2D eigenvalue weighted by Gasteiger charge is -2.21. The highest BCUT2D eigenvalue weighted by Crippen LogP contribution is 2.33. The molecule has 4 heterocycles. The minimum atomic E-state index is -0.941. The molecule has 0 saturated carbocycles. The summed E-state index contributed by atoms with van der Waals surface area (Å²) in [5.74, 6) is -3.02. The summed E-state index contributed by atoms with van der Waals surface area (Å²) in [4.78, 5) is 60.5. The van der Waals surface area contributed by atoms with Crippen LogP contribution < -0.4 is 11.6 Å². The van der Waals surface area contributed by atoms with E-state index in [0.717, 1.165) is 21.8 Å². The number of nitrogens with zero attached hydrogens (tertiary/aromatic N) is 3. The Morgan fingerprint density at radius 3 is 2.61 bits per heavy atom. The number of esters is 1. The largest absolute Gasteiger partial charge is 0.519 e. The van der Waals surface area contributed by atoms with E-state index in [-0.39, 0.29) is 48.8 Å². The van der Waals surface area contributed by atoms with Crippen LogP contribution in [0.15, 0.2) is 32.0 Å². The Kier molecular flexibility index (Phi) is 7.54. The van der Waals surface area contributed by atoms with Gasteiger partial charge in [-0.05, 0) is 38.0 Å². The van der Waals surface area contributed by atoms with E-state index in [0.29, 0.717) is 5.01 Å². The van der Waals surface area contributed by atoms with Crippen LogP contribution in [0.3, 0.4) is 0 Å². The lowest BCUT2D eigenvalue weighted by atomic mass is 9.90. The Balaban J connectivity index is 1.45. The van der Waals surface area contributed by atoms with E-state index >= 15 is 0 Å². The molecule has 38 heavy (non-hydrogen) atoms. The summed E-state index contributed by atoms with van der Waals surface area (Å²) in [5, 5.41) is 0.594. The number of carbonyl (C=O) groups is 3. The predicted molar refractivity (Wildman–Crippen MR) is 137 cm³/mol. The Bertz CT molecular complexity index is 1430. The number of hydrogen-bond acceptors (Lipinski definition) is 10. The second kappa shape index (κ2) is 10.5. The van der Waals surface area contributed by atoms with Crippen LogP contribution in [0.4, 0.5) is 0 Å². The predicted octanol–water partition coefficient (Wildman–Crippen LogP) is 2.65. The maximum Gasteiger partial charge on any atom is 0.519 e. The number of primary amides is 1. The van der Waals surface area contributed by atoms with E-state index in [4.69, 9.17) is 19.3 Å². The Labute approximate surface area is 223 Å². The van der Waals surface area contributed by atoms with Crippen molar-refractivity contribution in [1.82, 2.24) is 14.9 Å². The Morgan fingerprint density at radius 2 is 1.97 bits per heavy atom. The number of ether oxygens (including phenoxy) is 1. The molecule has 11 nitrogen and oxygen atoms in total. The third-order valence-electron chi connectivity index (χ3n) is 6.40. The number of carbonyl (C=O) groups excluding carboxylic acids is 3. The molecule has 3 aromatic rings. The number of aryl methyl sites for hydroxylation is 2. The number of aromatic nitrogens is 2. The summed E-state index contributed by atoms with van der Waals surface area (Å²) in [6.45, 7) is 9.35. The average molecular weight is 543 g/mol. The van der Waals surface area contributed by atoms with Gasteiger partial charge in [-0.3, -0.25) is 19.4 Å². The topological polar surface area (TPSA) is 159 Å². The van der Waals surface area contributed by atoms with Gasteiger partial charge in [-0.15, -0.1) is 11.3 Å². The molecule has 0 unspecified atom stereocenters. The van der Waals surface area contributed by atoms with Gasteiger partial charge < -0.3 is 24.2 Å². The maximum absolute atomic E-state index is 13.2. The molecule has 2 amide bonds. The number of likely N-dealkylation sites (tertiary alicyclic amines) is 1. The lowest BCUT2D eigenvalue weighted by Crippen LogP contribution is -2.44. The van der Waals surface area contributed by atoms with Gasteiger partial charge in [0.15, 0.2) is 18.1 Å². The third kappa shape index (κ3) is 5.85. The van der Waals surface area contributed by atoms with Crippen molar-refractivity contribution in [2.75, 3.05) is 6.54 Å². The van der Waals surface area contributed by atoms with Crippen LogP contribution in [0.2, 0.25) is 0 Å². The molecule has 12 heteroatoms. The van der Waals surface area contributed by atoms with Gasteiger partial charge in [0.05, 0.1) is 22.9 Å². The van der Waals surface area contributed by atoms with Crippen LogP contribution in [0.1, 0.15) is 55.1 Å². The Hall–Kier alpha value is -3.80. The van der Waals surface area contributed by atoms with Crippen molar-refractivity contribution in [3.63, 3.8) is 0 Å². The molecule has 0 radical (unpaired) electrons. The molecular weight excluding hydrogens is 512 g/mol. The maximum atomic E-state index is 13.2. The van der Waals surface area contributed by atoms with Crippen LogP contribution in [0.25, 0.3) is 10.4 Å². The fourth-order valence-electron chi connectivity index (χ4n) is 4.32. The van der Waals surface area contributed by atoms with Gasteiger partial charge in [0, 0.05) is 23.9 Å². The van der Waals surface area contributed by atoms with Crippen LogP contribution in [0, 0.1) is 19.8 Å². The number of amides is 2. The average Bonchev–Trinajstić information content (AvgIpc) is 3.53. The molecule has 202 valence electrons. The zero-order valence-electron chi connectivity index (χ0n) is 21.9. The summed E-state index contributed by atoms with van der Waals surface area (Å²) in [6, 6.07) is 3.00. The molecule has 1 aliphatic rings. The number of hydrogen-bond donors (Lipinski definition) is 1. The second-order valence-electron chi connectivity index (χ2n) is 10.3. The molecule has 0 bridgehead atoms. The van der Waals surface area contributed by atoms with Crippen molar-refractivity contribution < 1.29 is 28.0 Å². The van der Waals surface area contributed by atoms with Gasteiger partial charge in [-0.25, -0.2) is 9.78 Å². The number of pyridine rings is 1. The molecule has 0 spiro atoms. The monoisotopic (exact) mass is 542 g/mol. The van der Waals surface area contributed by atoms with Crippen molar-refractivity contribution in [3.05, 3.63) is 56.9 Å². The number of thiazole rings is 1. The summed E-state index contributed by atoms with van der Waals surface area (Å²) >= 11 is 1.41. The highest BCUT2D eigenvalue weighted by atomic mass is 32.1. The first kappa shape index (κ1) is 27.2. The van der Waals surface area contributed by atoms with Gasteiger partial charge in [0.25, 0.3) is 0 Å². The molecule has 2 atom stereocenters. The van der Waals surface area contributed by atoms with Gasteiger partial charge in [-0.2, -0.15) is 0 Å². The van der Waals surface area contributed by atoms with Gasteiger partial charge in [0.2, 0.25) is 11.8 Å². The van der Waals surface area contributed by atoms with E-state index in [9.17, 15) is 19.2 Å². The smallest absolute Gasteiger partial charge is 0.457 e. The van der Waals surface area contributed by atoms with Gasteiger partial charge in [0.1, 0.15) is 11.0 Å². The van der Waals surface area contributed by atoms with Crippen LogP contribution in [-0.2, 0) is 37.6 Å². The Morgan fingerprint density at radius 1 is 1.24 bits per heavy atom. The molecule has 2 N–H and O–H groups in total. The van der Waals surface area contributed by atoms with Gasteiger partial charge in [-0.1, -0.05) is 20.8 Å². The van der Waals surface area contributed by atoms with Gasteiger partial charge >= 0.3 is 11.8 Å². The molecule has 3 aromatic heterocycles. The molecule has 4 rings (SSSR count). The molecule has 0 aliphatic carbocycles. The minimum absolute atomic E-state index is 0.0178. The second-order valence-corrected chi connectivity index (χ2v) is 11.4. The van der Waals surface area contributed by atoms with Crippen molar-refractivity contribution in [1.29, 1.82) is 0 Å². The number of rotatable bonds is 7. The van der Waals surface area contributed by atoms with Crippen molar-refractivity contribution in [2.24, 2.45) is 11.7 Å². The first-order valence-corrected chi connectivity index (χ1v) is 12.9. The highest BCUT2D eigenvalue weighted by molar-refractivity contribution is 7.15. The summed E-state index contributed by atoms with van der Waals surface area (Å²) in [5.41, 5.74) is 8.15. The molecule has 1 saturated heterocycles. The van der Waals surface area contributed by atoms with Crippen molar-refractivity contribution in [2.45, 2.75) is 65.5 Å². The van der Waals surface area contributed by atoms with Crippen molar-refractivity contribution in [3.8, 4) is 10.4 Å². The van der Waals surface area contributed by atoms with Crippen molar-refractivity contribution >= 4 is 29.1 Å². The SMILES string of the molecule is Cc1nc(CC(=O)N2C[C@H](C(=O)OCc3oc(=O)oc3C)C[C@H]2C(N)=O)sc1-c1ccnc(C(C)(C)C)c1. The lowest BCUT2D eigenvalue weighted by molar-refractivity contribution is -0.150. The van der Waals surface area contributed by atoms with Crippen LogP contribution in [-0.4, -0.2) is 45.2 Å². The molecular formula is C26H30N4O7S. The van der Waals surface area contributed by atoms with E-state index in [2.05, 4.69) is 30.7 Å². The van der Waals surface area contributed by atoms with Crippen LogP contribution >= 0.6 is 11.3 Å². The molecule has 0 aromatic carbocycles. The first-order chi connectivity index (χ1) is 17.8. The van der Waals surface area contributed by atoms with E-state index in [1.165, 1.54) is 23.2 Å². The number of nitrogens with two attached hydrogens (primary N) is 1. The fraction of sp³-hybridized carbons (Fsp3) is 0.462. The summed E-state index contributed by atoms with van der Waals surface area (Å²) in [7, 11) is 0. The molecule has 1 fully saturated rings.